The lowest BCUT2D eigenvalue weighted by Crippen LogP contribution is -2.58. The van der Waals surface area contributed by atoms with Gasteiger partial charge in [0.15, 0.2) is 0 Å². The number of anilines is 1. The third-order valence-corrected chi connectivity index (χ3v) is 4.69. The van der Waals surface area contributed by atoms with Crippen molar-refractivity contribution in [1.82, 2.24) is 5.32 Å². The first-order valence-corrected chi connectivity index (χ1v) is 6.95. The van der Waals surface area contributed by atoms with Crippen molar-refractivity contribution in [3.8, 4) is 0 Å². The van der Waals surface area contributed by atoms with Gasteiger partial charge in [-0.3, -0.25) is 4.79 Å². The third kappa shape index (κ3) is 1.22. The molecule has 0 bridgehead atoms. The highest BCUT2D eigenvalue weighted by atomic mass is 16.2. The summed E-state index contributed by atoms with van der Waals surface area (Å²) in [6.45, 7) is 2.99. The van der Waals surface area contributed by atoms with Gasteiger partial charge >= 0.3 is 0 Å². The molecule has 1 aromatic carbocycles. The van der Waals surface area contributed by atoms with Crippen LogP contribution in [-0.4, -0.2) is 24.5 Å². The van der Waals surface area contributed by atoms with Gasteiger partial charge in [0.05, 0.1) is 0 Å². The molecule has 3 nitrogen and oxygen atoms in total. The second-order valence-corrected chi connectivity index (χ2v) is 5.79. The van der Waals surface area contributed by atoms with E-state index in [4.69, 9.17) is 0 Å². The van der Waals surface area contributed by atoms with Crippen molar-refractivity contribution < 1.29 is 4.79 Å². The Morgan fingerprint density at radius 3 is 3.00 bits per heavy atom. The van der Waals surface area contributed by atoms with Crippen LogP contribution in [0.3, 0.4) is 0 Å². The number of hydrogen-bond acceptors (Lipinski definition) is 2. The van der Waals surface area contributed by atoms with E-state index < -0.39 is 0 Å². The topological polar surface area (TPSA) is 32.3 Å². The molecule has 4 rings (SSSR count). The van der Waals surface area contributed by atoms with E-state index in [0.717, 1.165) is 13.0 Å². The predicted octanol–water partition coefficient (Wildman–Crippen LogP) is 1.42. The molecule has 2 atom stereocenters. The fraction of sp³-hybridized carbons (Fsp3) is 0.533. The average molecular weight is 242 g/mol. The average Bonchev–Trinajstić information content (AvgIpc) is 2.96. The number of carbonyl (C=O) groups excluding carboxylic acids is 1. The zero-order chi connectivity index (χ0) is 12.3. The molecule has 0 spiro atoms. The normalized spacial score (nSPS) is 28.7. The highest BCUT2D eigenvalue weighted by molar-refractivity contribution is 5.90. The summed E-state index contributed by atoms with van der Waals surface area (Å²) in [5.41, 5.74) is 5.81. The predicted molar refractivity (Wildman–Crippen MR) is 70.9 cm³/mol. The fourth-order valence-corrected chi connectivity index (χ4v) is 3.86. The largest absolute Gasteiger partial charge is 0.354 e. The van der Waals surface area contributed by atoms with Crippen molar-refractivity contribution in [1.29, 1.82) is 0 Å². The fourth-order valence-electron chi connectivity index (χ4n) is 3.86. The van der Waals surface area contributed by atoms with Crippen molar-refractivity contribution in [2.24, 2.45) is 0 Å². The first-order chi connectivity index (χ1) is 8.75. The molecule has 2 aliphatic heterocycles. The number of nitrogens with one attached hydrogen (secondary N) is 1. The number of aryl methyl sites for hydroxylation is 1. The number of amides is 1. The molecule has 0 aromatic heterocycles. The van der Waals surface area contributed by atoms with Gasteiger partial charge in [-0.15, -0.1) is 0 Å². The van der Waals surface area contributed by atoms with E-state index in [9.17, 15) is 4.79 Å². The Labute approximate surface area is 107 Å². The summed E-state index contributed by atoms with van der Waals surface area (Å²) in [7, 11) is 0. The highest BCUT2D eigenvalue weighted by Crippen LogP contribution is 2.42. The summed E-state index contributed by atoms with van der Waals surface area (Å²) in [4.78, 5) is 14.4. The lowest BCUT2D eigenvalue weighted by molar-refractivity contribution is -0.123. The summed E-state index contributed by atoms with van der Waals surface area (Å²) in [5.74, 6) is 0.205. The van der Waals surface area contributed by atoms with Crippen LogP contribution in [0.5, 0.6) is 0 Å². The minimum Gasteiger partial charge on any atom is -0.354 e. The smallest absolute Gasteiger partial charge is 0.243 e. The van der Waals surface area contributed by atoms with E-state index >= 15 is 0 Å². The number of rotatable bonds is 0. The van der Waals surface area contributed by atoms with Gasteiger partial charge in [0.2, 0.25) is 5.91 Å². The first-order valence-electron chi connectivity index (χ1n) is 6.95. The van der Waals surface area contributed by atoms with Crippen LogP contribution in [0.25, 0.3) is 0 Å². The Hall–Kier alpha value is -1.51. The van der Waals surface area contributed by atoms with Gasteiger partial charge in [-0.25, -0.2) is 0 Å². The van der Waals surface area contributed by atoms with Crippen LogP contribution in [-0.2, 0) is 24.1 Å². The van der Waals surface area contributed by atoms with E-state index in [1.165, 1.54) is 41.6 Å². The first kappa shape index (κ1) is 10.4. The molecule has 1 fully saturated rings. The third-order valence-electron chi connectivity index (χ3n) is 4.69. The Morgan fingerprint density at radius 2 is 2.11 bits per heavy atom. The molecule has 0 radical (unpaired) electrons. The number of hydrogen-bond donors (Lipinski definition) is 1. The molecule has 3 aliphatic rings. The Bertz CT molecular complexity index is 538. The van der Waals surface area contributed by atoms with Gasteiger partial charge in [0.1, 0.15) is 6.04 Å². The number of fused-ring (bicyclic) bond motifs is 5. The minimum absolute atomic E-state index is 0.0378. The molecule has 3 heteroatoms. The monoisotopic (exact) mass is 242 g/mol. The summed E-state index contributed by atoms with van der Waals surface area (Å²) in [5, 5.41) is 3.03. The van der Waals surface area contributed by atoms with E-state index in [0.29, 0.717) is 6.04 Å². The Balaban J connectivity index is 1.88. The summed E-state index contributed by atoms with van der Waals surface area (Å²) < 4.78 is 0. The van der Waals surface area contributed by atoms with Gasteiger partial charge in [-0.2, -0.15) is 0 Å². The van der Waals surface area contributed by atoms with Crippen LogP contribution in [0.15, 0.2) is 12.1 Å². The van der Waals surface area contributed by atoms with Crippen LogP contribution in [0.1, 0.15) is 30.0 Å². The van der Waals surface area contributed by atoms with Gasteiger partial charge in [0, 0.05) is 24.7 Å². The molecule has 1 amide bonds. The van der Waals surface area contributed by atoms with Crippen molar-refractivity contribution in [3.63, 3.8) is 0 Å². The molecule has 1 aromatic rings. The van der Waals surface area contributed by atoms with Gasteiger partial charge in [-0.1, -0.05) is 12.1 Å². The zero-order valence-corrected chi connectivity index (χ0v) is 10.7. The molecular formula is C15H18N2O. The minimum atomic E-state index is 0.0378. The summed E-state index contributed by atoms with van der Waals surface area (Å²) in [6.07, 6.45) is 4.56. The van der Waals surface area contributed by atoms with E-state index in [1.54, 1.807) is 0 Å². The van der Waals surface area contributed by atoms with Crippen LogP contribution >= 0.6 is 0 Å². The van der Waals surface area contributed by atoms with E-state index in [-0.39, 0.29) is 11.9 Å². The number of carbonyl (C=O) groups is 1. The van der Waals surface area contributed by atoms with Crippen LogP contribution in [0.4, 0.5) is 5.69 Å². The second kappa shape index (κ2) is 3.50. The highest BCUT2D eigenvalue weighted by Gasteiger charge is 2.42. The number of benzene rings is 1. The zero-order valence-electron chi connectivity index (χ0n) is 10.7. The van der Waals surface area contributed by atoms with E-state index in [2.05, 4.69) is 29.3 Å². The van der Waals surface area contributed by atoms with Gasteiger partial charge in [0.25, 0.3) is 0 Å². The van der Waals surface area contributed by atoms with Crippen LogP contribution in [0, 0.1) is 0 Å². The summed E-state index contributed by atoms with van der Waals surface area (Å²) in [6, 6.07) is 4.98. The van der Waals surface area contributed by atoms with Crippen molar-refractivity contribution in [2.45, 2.75) is 44.7 Å². The van der Waals surface area contributed by atoms with Gasteiger partial charge in [-0.05, 0) is 42.9 Å². The SMILES string of the molecule is CC1CNC(=O)C2Cc3ccc4c(c3N12)CCC4. The lowest BCUT2D eigenvalue weighted by Gasteiger charge is -2.38. The summed E-state index contributed by atoms with van der Waals surface area (Å²) >= 11 is 0. The van der Waals surface area contributed by atoms with Gasteiger partial charge < -0.3 is 10.2 Å². The van der Waals surface area contributed by atoms with E-state index in [1.807, 2.05) is 0 Å². The molecular weight excluding hydrogens is 224 g/mol. The molecule has 2 heterocycles. The molecule has 18 heavy (non-hydrogen) atoms. The van der Waals surface area contributed by atoms with Crippen LogP contribution in [0.2, 0.25) is 0 Å². The second-order valence-electron chi connectivity index (χ2n) is 5.79. The number of nitrogens with zero attached hydrogens (tertiary/aromatic N) is 1. The molecule has 0 saturated carbocycles. The number of piperazine rings is 1. The molecule has 2 unspecified atom stereocenters. The Kier molecular flexibility index (Phi) is 2.02. The van der Waals surface area contributed by atoms with Crippen molar-refractivity contribution in [2.75, 3.05) is 11.4 Å². The maximum absolute atomic E-state index is 12.0. The molecule has 94 valence electrons. The Morgan fingerprint density at radius 1 is 1.28 bits per heavy atom. The molecule has 1 N–H and O–H groups in total. The standard InChI is InChI=1S/C15H18N2O/c1-9-8-16-15(18)13-7-11-6-5-10-3-2-4-12(10)14(11)17(9)13/h5-6,9,13H,2-4,7-8H2,1H3,(H,16,18). The lowest BCUT2D eigenvalue weighted by atomic mass is 10.0. The molecule has 1 saturated heterocycles. The van der Waals surface area contributed by atoms with Crippen LogP contribution < -0.4 is 10.2 Å². The maximum atomic E-state index is 12.0. The molecule has 1 aliphatic carbocycles. The van der Waals surface area contributed by atoms with Crippen molar-refractivity contribution in [3.05, 3.63) is 28.8 Å². The quantitative estimate of drug-likeness (QED) is 0.746. The maximum Gasteiger partial charge on any atom is 0.243 e. The van der Waals surface area contributed by atoms with Crippen molar-refractivity contribution >= 4 is 11.6 Å².